The molecule has 0 fully saturated rings. The Hall–Kier alpha value is -2.90. The van der Waals surface area contributed by atoms with E-state index in [4.69, 9.17) is 8.92 Å². The average molecular weight is 471 g/mol. The fourth-order valence-corrected chi connectivity index (χ4v) is 4.00. The second-order valence-corrected chi connectivity index (χ2v) is 8.96. The fraction of sp³-hybridized carbons (Fsp3) is 0.0455. The van der Waals surface area contributed by atoms with Crippen LogP contribution in [0, 0.1) is 6.92 Å². The first-order chi connectivity index (χ1) is 13.8. The zero-order valence-electron chi connectivity index (χ0n) is 15.3. The number of carbonyl (C=O) groups excluding carboxylic acids is 1. The molecule has 0 saturated carbocycles. The first-order valence-corrected chi connectivity index (χ1v) is 10.9. The van der Waals surface area contributed by atoms with Crippen molar-refractivity contribution in [2.75, 3.05) is 0 Å². The molecule has 1 aliphatic heterocycles. The van der Waals surface area contributed by atoms with Crippen LogP contribution >= 0.6 is 15.9 Å². The molecule has 0 saturated heterocycles. The van der Waals surface area contributed by atoms with Gasteiger partial charge in [0, 0.05) is 10.5 Å². The van der Waals surface area contributed by atoms with E-state index in [1.807, 2.05) is 31.2 Å². The summed E-state index contributed by atoms with van der Waals surface area (Å²) in [5, 5.41) is 0. The van der Waals surface area contributed by atoms with Gasteiger partial charge in [-0.15, -0.1) is 0 Å². The Morgan fingerprint density at radius 2 is 1.66 bits per heavy atom. The molecule has 0 atom stereocenters. The minimum absolute atomic E-state index is 0.0261. The molecule has 5 nitrogen and oxygen atoms in total. The Balaban J connectivity index is 1.59. The van der Waals surface area contributed by atoms with Crippen molar-refractivity contribution in [3.63, 3.8) is 0 Å². The standard InChI is InChI=1S/C22H15BrO5S/c1-14-2-4-15(5-3-14)12-21-22(24)19-11-8-17(13-20(19)27-21)28-29(25,26)18-9-6-16(23)7-10-18/h2-13H,1H3. The lowest BCUT2D eigenvalue weighted by Gasteiger charge is -2.08. The number of hydrogen-bond donors (Lipinski definition) is 0. The van der Waals surface area contributed by atoms with E-state index in [-0.39, 0.29) is 27.9 Å². The summed E-state index contributed by atoms with van der Waals surface area (Å²) < 4.78 is 36.5. The molecule has 3 aromatic rings. The molecule has 29 heavy (non-hydrogen) atoms. The molecule has 0 radical (unpaired) electrons. The Morgan fingerprint density at radius 3 is 2.34 bits per heavy atom. The van der Waals surface area contributed by atoms with Gasteiger partial charge in [-0.3, -0.25) is 4.79 Å². The minimum Gasteiger partial charge on any atom is -0.452 e. The van der Waals surface area contributed by atoms with E-state index in [1.165, 1.54) is 30.3 Å². The molecule has 7 heteroatoms. The SMILES string of the molecule is Cc1ccc(C=C2Oc3cc(OS(=O)(=O)c4ccc(Br)cc4)ccc3C2=O)cc1. The number of ether oxygens (including phenoxy) is 1. The van der Waals surface area contributed by atoms with Crippen LogP contribution in [0.1, 0.15) is 21.5 Å². The maximum absolute atomic E-state index is 12.6. The van der Waals surface area contributed by atoms with Crippen molar-refractivity contribution in [2.45, 2.75) is 11.8 Å². The van der Waals surface area contributed by atoms with Crippen LogP contribution < -0.4 is 8.92 Å². The van der Waals surface area contributed by atoms with E-state index >= 15 is 0 Å². The molecule has 0 unspecified atom stereocenters. The van der Waals surface area contributed by atoms with Gasteiger partial charge in [-0.2, -0.15) is 8.42 Å². The van der Waals surface area contributed by atoms with Gasteiger partial charge in [-0.25, -0.2) is 0 Å². The van der Waals surface area contributed by atoms with E-state index in [2.05, 4.69) is 15.9 Å². The van der Waals surface area contributed by atoms with Crippen molar-refractivity contribution in [2.24, 2.45) is 0 Å². The van der Waals surface area contributed by atoms with E-state index in [0.29, 0.717) is 5.56 Å². The number of Topliss-reactive ketones (excluding diaryl/α,β-unsaturated/α-hetero) is 1. The van der Waals surface area contributed by atoms with Crippen molar-refractivity contribution in [3.8, 4) is 11.5 Å². The van der Waals surface area contributed by atoms with Gasteiger partial charge in [-0.05, 0) is 55.0 Å². The predicted molar refractivity (Wildman–Crippen MR) is 113 cm³/mol. The highest BCUT2D eigenvalue weighted by molar-refractivity contribution is 9.10. The highest BCUT2D eigenvalue weighted by atomic mass is 79.9. The summed E-state index contributed by atoms with van der Waals surface area (Å²) in [6.45, 7) is 1.98. The average Bonchev–Trinajstić information content (AvgIpc) is 2.98. The Labute approximate surface area is 176 Å². The van der Waals surface area contributed by atoms with Crippen LogP contribution in [0.5, 0.6) is 11.5 Å². The number of allylic oxidation sites excluding steroid dienone is 1. The van der Waals surface area contributed by atoms with Gasteiger partial charge in [0.15, 0.2) is 5.76 Å². The van der Waals surface area contributed by atoms with Gasteiger partial charge >= 0.3 is 10.1 Å². The van der Waals surface area contributed by atoms with Crippen molar-refractivity contribution >= 4 is 37.9 Å². The first-order valence-electron chi connectivity index (χ1n) is 8.67. The lowest BCUT2D eigenvalue weighted by atomic mass is 10.1. The second kappa shape index (κ2) is 7.50. The van der Waals surface area contributed by atoms with Crippen LogP contribution in [0.4, 0.5) is 0 Å². The van der Waals surface area contributed by atoms with Crippen molar-refractivity contribution in [1.29, 1.82) is 0 Å². The number of halogens is 1. The molecule has 0 N–H and O–H groups in total. The van der Waals surface area contributed by atoms with E-state index in [0.717, 1.165) is 15.6 Å². The van der Waals surface area contributed by atoms with Gasteiger partial charge in [0.1, 0.15) is 16.4 Å². The summed E-state index contributed by atoms with van der Waals surface area (Å²) in [5.74, 6) is 0.243. The monoisotopic (exact) mass is 470 g/mol. The van der Waals surface area contributed by atoms with Gasteiger partial charge < -0.3 is 8.92 Å². The van der Waals surface area contributed by atoms with Gasteiger partial charge in [0.05, 0.1) is 5.56 Å². The summed E-state index contributed by atoms with van der Waals surface area (Å²) in [6, 6.07) is 18.1. The van der Waals surface area contributed by atoms with Crippen LogP contribution in [0.15, 0.2) is 81.9 Å². The third kappa shape index (κ3) is 4.11. The van der Waals surface area contributed by atoms with E-state index in [1.54, 1.807) is 18.2 Å². The number of benzene rings is 3. The summed E-state index contributed by atoms with van der Waals surface area (Å²) >= 11 is 3.26. The Kier molecular flexibility index (Phi) is 5.02. The predicted octanol–water partition coefficient (Wildman–Crippen LogP) is 5.14. The van der Waals surface area contributed by atoms with Gasteiger partial charge in [-0.1, -0.05) is 45.8 Å². The summed E-state index contributed by atoms with van der Waals surface area (Å²) in [4.78, 5) is 12.6. The van der Waals surface area contributed by atoms with E-state index < -0.39 is 10.1 Å². The highest BCUT2D eigenvalue weighted by Gasteiger charge is 2.28. The van der Waals surface area contributed by atoms with Crippen LogP contribution in [0.2, 0.25) is 0 Å². The number of carbonyl (C=O) groups is 1. The highest BCUT2D eigenvalue weighted by Crippen LogP contribution is 2.35. The molecule has 0 aromatic heterocycles. The number of fused-ring (bicyclic) bond motifs is 1. The molecule has 3 aromatic carbocycles. The topological polar surface area (TPSA) is 69.7 Å². The van der Waals surface area contributed by atoms with E-state index in [9.17, 15) is 13.2 Å². The van der Waals surface area contributed by atoms with Crippen molar-refractivity contribution in [3.05, 3.63) is 93.7 Å². The molecule has 1 aliphatic rings. The molecular formula is C22H15BrO5S. The normalized spacial score (nSPS) is 14.6. The lowest BCUT2D eigenvalue weighted by molar-refractivity contribution is 0.101. The van der Waals surface area contributed by atoms with Gasteiger partial charge in [0.25, 0.3) is 0 Å². The largest absolute Gasteiger partial charge is 0.452 e. The maximum Gasteiger partial charge on any atom is 0.339 e. The first kappa shape index (κ1) is 19.4. The zero-order valence-corrected chi connectivity index (χ0v) is 17.7. The van der Waals surface area contributed by atoms with Crippen LogP contribution in [-0.4, -0.2) is 14.2 Å². The Morgan fingerprint density at radius 1 is 0.966 bits per heavy atom. The number of ketones is 1. The second-order valence-electron chi connectivity index (χ2n) is 6.50. The minimum atomic E-state index is -4.00. The van der Waals surface area contributed by atoms with Crippen molar-refractivity contribution in [1.82, 2.24) is 0 Å². The third-order valence-corrected chi connectivity index (χ3v) is 6.11. The third-order valence-electron chi connectivity index (χ3n) is 4.32. The summed E-state index contributed by atoms with van der Waals surface area (Å²) in [5.41, 5.74) is 2.31. The smallest absolute Gasteiger partial charge is 0.339 e. The molecule has 0 spiro atoms. The molecule has 0 aliphatic carbocycles. The number of hydrogen-bond acceptors (Lipinski definition) is 5. The Bertz CT molecular complexity index is 1230. The molecular weight excluding hydrogens is 456 g/mol. The quantitative estimate of drug-likeness (QED) is 0.389. The summed E-state index contributed by atoms with van der Waals surface area (Å²) in [6.07, 6.45) is 1.65. The van der Waals surface area contributed by atoms with Crippen LogP contribution in [-0.2, 0) is 10.1 Å². The fourth-order valence-electron chi connectivity index (χ4n) is 2.81. The number of rotatable bonds is 4. The lowest BCUT2D eigenvalue weighted by Crippen LogP contribution is -2.09. The molecule has 146 valence electrons. The zero-order chi connectivity index (χ0) is 20.6. The van der Waals surface area contributed by atoms with Crippen LogP contribution in [0.25, 0.3) is 6.08 Å². The number of aryl methyl sites for hydroxylation is 1. The molecule has 4 rings (SSSR count). The van der Waals surface area contributed by atoms with Crippen molar-refractivity contribution < 1.29 is 22.1 Å². The summed E-state index contributed by atoms with van der Waals surface area (Å²) in [7, 11) is -4.00. The molecule has 0 amide bonds. The van der Waals surface area contributed by atoms with Crippen LogP contribution in [0.3, 0.4) is 0 Å². The maximum atomic E-state index is 12.6. The molecule has 0 bridgehead atoms. The molecule has 1 heterocycles. The van der Waals surface area contributed by atoms with Gasteiger partial charge in [0.2, 0.25) is 5.78 Å².